The number of carbonyl (C=O) groups is 2. The van der Waals surface area contributed by atoms with Crippen LogP contribution in [0, 0.1) is 5.92 Å². The standard InChI is InChI=1S/C32H38O5/c1-4-6-7-8-9-10-25-11-13-26(14-12-25)27-15-17-28(18-16-27)31(33)36-29-19-21-30(22-20-29)37-32(34)35-23-24(3)5-2/h11-22,24H,4-10,23H2,1-3H3. The van der Waals surface area contributed by atoms with Gasteiger partial charge in [0.25, 0.3) is 0 Å². The van der Waals surface area contributed by atoms with E-state index in [1.54, 1.807) is 36.4 Å². The van der Waals surface area contributed by atoms with Gasteiger partial charge >= 0.3 is 12.1 Å². The fraction of sp³-hybridized carbons (Fsp3) is 0.375. The Morgan fingerprint density at radius 3 is 1.86 bits per heavy atom. The number of ether oxygens (including phenoxy) is 3. The highest BCUT2D eigenvalue weighted by Crippen LogP contribution is 2.23. The van der Waals surface area contributed by atoms with Crippen molar-refractivity contribution in [2.75, 3.05) is 6.61 Å². The lowest BCUT2D eigenvalue weighted by Crippen LogP contribution is -2.15. The van der Waals surface area contributed by atoms with Gasteiger partial charge in [-0.25, -0.2) is 9.59 Å². The van der Waals surface area contributed by atoms with Crippen molar-refractivity contribution < 1.29 is 23.8 Å². The van der Waals surface area contributed by atoms with E-state index < -0.39 is 12.1 Å². The van der Waals surface area contributed by atoms with Crippen LogP contribution in [0.2, 0.25) is 0 Å². The van der Waals surface area contributed by atoms with Gasteiger partial charge in [0.05, 0.1) is 12.2 Å². The summed E-state index contributed by atoms with van der Waals surface area (Å²) < 4.78 is 15.7. The zero-order valence-corrected chi connectivity index (χ0v) is 22.2. The Hall–Kier alpha value is -3.60. The van der Waals surface area contributed by atoms with Gasteiger partial charge in [0, 0.05) is 0 Å². The molecular weight excluding hydrogens is 464 g/mol. The molecule has 5 nitrogen and oxygen atoms in total. The van der Waals surface area contributed by atoms with Crippen LogP contribution < -0.4 is 9.47 Å². The number of unbranched alkanes of at least 4 members (excludes halogenated alkanes) is 4. The molecule has 0 saturated carbocycles. The Morgan fingerprint density at radius 2 is 1.27 bits per heavy atom. The molecule has 37 heavy (non-hydrogen) atoms. The van der Waals surface area contributed by atoms with E-state index in [0.717, 1.165) is 24.0 Å². The Labute approximate surface area is 220 Å². The lowest BCUT2D eigenvalue weighted by Gasteiger charge is -2.10. The molecule has 3 aromatic carbocycles. The first-order valence-corrected chi connectivity index (χ1v) is 13.3. The molecule has 0 radical (unpaired) electrons. The molecule has 0 N–H and O–H groups in total. The van der Waals surface area contributed by atoms with E-state index in [4.69, 9.17) is 14.2 Å². The maximum Gasteiger partial charge on any atom is 0.513 e. The van der Waals surface area contributed by atoms with Crippen molar-refractivity contribution in [3.05, 3.63) is 83.9 Å². The second kappa shape index (κ2) is 14.8. The van der Waals surface area contributed by atoms with Crippen LogP contribution in [0.4, 0.5) is 4.79 Å². The van der Waals surface area contributed by atoms with Gasteiger partial charge in [0.1, 0.15) is 11.5 Å². The third-order valence-electron chi connectivity index (χ3n) is 6.39. The van der Waals surface area contributed by atoms with Crippen molar-refractivity contribution >= 4 is 12.1 Å². The third kappa shape index (κ3) is 9.41. The van der Waals surface area contributed by atoms with Gasteiger partial charge in [0.15, 0.2) is 0 Å². The summed E-state index contributed by atoms with van der Waals surface area (Å²) >= 11 is 0. The summed E-state index contributed by atoms with van der Waals surface area (Å²) in [5.74, 6) is 0.506. The minimum absolute atomic E-state index is 0.277. The first-order chi connectivity index (χ1) is 18.0. The summed E-state index contributed by atoms with van der Waals surface area (Å²) in [6.07, 6.45) is 7.72. The van der Waals surface area contributed by atoms with Gasteiger partial charge < -0.3 is 14.2 Å². The van der Waals surface area contributed by atoms with Crippen LogP contribution in [0.3, 0.4) is 0 Å². The molecule has 0 aliphatic rings. The minimum Gasteiger partial charge on any atom is -0.434 e. The van der Waals surface area contributed by atoms with Gasteiger partial charge in [-0.1, -0.05) is 89.3 Å². The van der Waals surface area contributed by atoms with Crippen LogP contribution in [0.1, 0.15) is 75.2 Å². The van der Waals surface area contributed by atoms with Crippen molar-refractivity contribution in [3.63, 3.8) is 0 Å². The second-order valence-electron chi connectivity index (χ2n) is 9.48. The van der Waals surface area contributed by atoms with Crippen LogP contribution in [-0.2, 0) is 11.2 Å². The predicted molar refractivity (Wildman–Crippen MR) is 147 cm³/mol. The van der Waals surface area contributed by atoms with E-state index in [9.17, 15) is 9.59 Å². The van der Waals surface area contributed by atoms with E-state index in [0.29, 0.717) is 23.7 Å². The molecule has 3 aromatic rings. The van der Waals surface area contributed by atoms with Crippen LogP contribution >= 0.6 is 0 Å². The maximum atomic E-state index is 12.6. The summed E-state index contributed by atoms with van der Waals surface area (Å²) in [5.41, 5.74) is 3.99. The summed E-state index contributed by atoms with van der Waals surface area (Å²) in [6.45, 7) is 6.58. The summed E-state index contributed by atoms with van der Waals surface area (Å²) in [7, 11) is 0. The lowest BCUT2D eigenvalue weighted by atomic mass is 10.00. The Kier molecular flexibility index (Phi) is 11.2. The van der Waals surface area contributed by atoms with Crippen LogP contribution in [-0.4, -0.2) is 18.7 Å². The van der Waals surface area contributed by atoms with E-state index in [1.807, 2.05) is 26.0 Å². The van der Waals surface area contributed by atoms with Gasteiger partial charge in [-0.2, -0.15) is 0 Å². The fourth-order valence-corrected chi connectivity index (χ4v) is 3.79. The molecule has 1 unspecified atom stereocenters. The molecule has 0 aromatic heterocycles. The molecule has 5 heteroatoms. The SMILES string of the molecule is CCCCCCCc1ccc(-c2ccc(C(=O)Oc3ccc(OC(=O)OCC(C)CC)cc3)cc2)cc1. The van der Waals surface area contributed by atoms with E-state index in [-0.39, 0.29) is 5.92 Å². The van der Waals surface area contributed by atoms with E-state index >= 15 is 0 Å². The van der Waals surface area contributed by atoms with Crippen molar-refractivity contribution in [1.82, 2.24) is 0 Å². The van der Waals surface area contributed by atoms with Crippen molar-refractivity contribution in [2.45, 2.75) is 65.7 Å². The zero-order chi connectivity index (χ0) is 26.5. The highest BCUT2D eigenvalue weighted by Gasteiger charge is 2.11. The first kappa shape index (κ1) is 28.0. The summed E-state index contributed by atoms with van der Waals surface area (Å²) in [6, 6.07) is 22.3. The molecular formula is C32H38O5. The van der Waals surface area contributed by atoms with E-state index in [2.05, 4.69) is 31.2 Å². The normalized spacial score (nSPS) is 11.5. The number of hydrogen-bond donors (Lipinski definition) is 0. The molecule has 3 rings (SSSR count). The maximum absolute atomic E-state index is 12.6. The van der Waals surface area contributed by atoms with Crippen LogP contribution in [0.25, 0.3) is 11.1 Å². The van der Waals surface area contributed by atoms with Gasteiger partial charge in [-0.05, 0) is 71.8 Å². The molecule has 0 saturated heterocycles. The molecule has 0 aliphatic carbocycles. The molecule has 196 valence electrons. The molecule has 0 aliphatic heterocycles. The number of carbonyl (C=O) groups excluding carboxylic acids is 2. The zero-order valence-electron chi connectivity index (χ0n) is 22.2. The first-order valence-electron chi connectivity index (χ1n) is 13.3. The molecule has 0 fully saturated rings. The van der Waals surface area contributed by atoms with E-state index in [1.165, 1.54) is 37.7 Å². The number of aryl methyl sites for hydroxylation is 1. The highest BCUT2D eigenvalue weighted by molar-refractivity contribution is 5.91. The molecule has 1 atom stereocenters. The average Bonchev–Trinajstić information content (AvgIpc) is 2.93. The van der Waals surface area contributed by atoms with Gasteiger partial charge in [-0.3, -0.25) is 0 Å². The average molecular weight is 503 g/mol. The Balaban J connectivity index is 1.49. The third-order valence-corrected chi connectivity index (χ3v) is 6.39. The van der Waals surface area contributed by atoms with Crippen LogP contribution in [0.5, 0.6) is 11.5 Å². The minimum atomic E-state index is -0.748. The summed E-state index contributed by atoms with van der Waals surface area (Å²) in [4.78, 5) is 24.4. The Bertz CT molecular complexity index is 1100. The Morgan fingerprint density at radius 1 is 0.703 bits per heavy atom. The van der Waals surface area contributed by atoms with Gasteiger partial charge in [0.2, 0.25) is 0 Å². The highest BCUT2D eigenvalue weighted by atomic mass is 16.7. The van der Waals surface area contributed by atoms with Crippen molar-refractivity contribution in [1.29, 1.82) is 0 Å². The number of benzene rings is 3. The second-order valence-corrected chi connectivity index (χ2v) is 9.48. The molecule has 0 bridgehead atoms. The number of rotatable bonds is 13. The quantitative estimate of drug-likeness (QED) is 0.101. The number of esters is 1. The number of hydrogen-bond acceptors (Lipinski definition) is 5. The lowest BCUT2D eigenvalue weighted by molar-refractivity contribution is 0.0732. The molecule has 0 heterocycles. The molecule has 0 spiro atoms. The van der Waals surface area contributed by atoms with Crippen LogP contribution in [0.15, 0.2) is 72.8 Å². The largest absolute Gasteiger partial charge is 0.513 e. The smallest absolute Gasteiger partial charge is 0.434 e. The van der Waals surface area contributed by atoms with Gasteiger partial charge in [-0.15, -0.1) is 0 Å². The predicted octanol–water partition coefficient (Wildman–Crippen LogP) is 8.65. The summed E-state index contributed by atoms with van der Waals surface area (Å²) in [5, 5.41) is 0. The topological polar surface area (TPSA) is 61.8 Å². The van der Waals surface area contributed by atoms with Crippen molar-refractivity contribution in [3.8, 4) is 22.6 Å². The monoisotopic (exact) mass is 502 g/mol. The molecule has 0 amide bonds. The van der Waals surface area contributed by atoms with Crippen molar-refractivity contribution in [2.24, 2.45) is 5.92 Å². The fourth-order valence-electron chi connectivity index (χ4n) is 3.79.